The Labute approximate surface area is 276 Å². The lowest BCUT2D eigenvalue weighted by molar-refractivity contribution is -0.153. The molecule has 1 unspecified atom stereocenters. The van der Waals surface area contributed by atoms with Gasteiger partial charge in [0.1, 0.15) is 22.8 Å². The first-order chi connectivity index (χ1) is 22.3. The van der Waals surface area contributed by atoms with Gasteiger partial charge >= 0.3 is 0 Å². The van der Waals surface area contributed by atoms with Crippen LogP contribution in [-0.2, 0) is 33.8 Å². The number of primary amides is 1. The molecule has 6 rings (SSSR count). The van der Waals surface area contributed by atoms with E-state index < -0.39 is 58.0 Å². The lowest BCUT2D eigenvalue weighted by atomic mass is 9.57. The van der Waals surface area contributed by atoms with Crippen molar-refractivity contribution in [3.8, 4) is 16.9 Å². The van der Waals surface area contributed by atoms with Crippen LogP contribution >= 0.6 is 11.6 Å². The molecule has 1 fully saturated rings. The maximum absolute atomic E-state index is 14.1. The third-order valence-electron chi connectivity index (χ3n) is 9.70. The number of aliphatic hydroxyl groups excluding tert-OH is 2. The number of benzene rings is 3. The van der Waals surface area contributed by atoms with Crippen LogP contribution in [0.15, 0.2) is 77.6 Å². The van der Waals surface area contributed by atoms with Gasteiger partial charge in [-0.05, 0) is 91.8 Å². The molecule has 0 aromatic heterocycles. The SMILES string of the molecule is CN(C)C1C(=O)C(C(N)=O)=C(O)[C@]2(O)C(=O)C3=C(O)c4c(O)ccc(-c5ccc(CNCCc6ccc(Cl)cc6)cc5)c4C[C@@H]3C[C@H]12. The predicted molar refractivity (Wildman–Crippen MR) is 177 cm³/mol. The number of rotatable bonds is 8. The molecule has 3 aromatic carbocycles. The van der Waals surface area contributed by atoms with Crippen LogP contribution in [0.3, 0.4) is 0 Å². The number of aliphatic hydroxyl groups is 3. The van der Waals surface area contributed by atoms with E-state index in [0.717, 1.165) is 29.7 Å². The minimum absolute atomic E-state index is 0.0293. The molecular formula is C36H36ClN3O7. The number of hydrogen-bond acceptors (Lipinski definition) is 9. The molecule has 3 aliphatic rings. The molecule has 0 saturated heterocycles. The minimum atomic E-state index is -2.67. The summed E-state index contributed by atoms with van der Waals surface area (Å²) >= 11 is 5.97. The molecule has 10 nitrogen and oxygen atoms in total. The molecule has 47 heavy (non-hydrogen) atoms. The van der Waals surface area contributed by atoms with Gasteiger partial charge in [0.2, 0.25) is 5.78 Å². The Morgan fingerprint density at radius 1 is 1.00 bits per heavy atom. The number of phenolic OH excluding ortho intramolecular Hbond substituents is 1. The topological polar surface area (TPSA) is 173 Å². The minimum Gasteiger partial charge on any atom is -0.508 e. The molecule has 11 heteroatoms. The number of carbonyl (C=O) groups excluding carboxylic acids is 3. The second kappa shape index (κ2) is 12.3. The standard InChI is InChI=1S/C36H36ClN3O7/c1-40(2)30-25-16-21-15-24-23(20-7-3-19(4-8-20)17-39-14-13-18-5-9-22(37)10-6-18)11-12-26(41)28(24)31(42)27(21)33(44)36(25,47)34(45)29(32(30)43)35(38)46/h3-12,21,25,30,39,41-42,45,47H,13-17H2,1-2H3,(H2,38,46)/t21-,25-,30?,36-/m1/s1. The van der Waals surface area contributed by atoms with Crippen LogP contribution in [0, 0.1) is 11.8 Å². The number of hydrogen-bond donors (Lipinski definition) is 6. The quantitative estimate of drug-likeness (QED) is 0.156. The molecule has 244 valence electrons. The Kier molecular flexibility index (Phi) is 8.48. The van der Waals surface area contributed by atoms with E-state index in [4.69, 9.17) is 17.3 Å². The number of nitrogens with two attached hydrogens (primary N) is 1. The first-order valence-corrected chi connectivity index (χ1v) is 15.8. The van der Waals surface area contributed by atoms with Gasteiger partial charge in [-0.3, -0.25) is 19.3 Å². The number of likely N-dealkylation sites (N-methyl/N-ethyl adjacent to an activating group) is 1. The highest BCUT2D eigenvalue weighted by Crippen LogP contribution is 2.53. The number of carbonyl (C=O) groups is 3. The largest absolute Gasteiger partial charge is 0.508 e. The van der Waals surface area contributed by atoms with Gasteiger partial charge in [-0.15, -0.1) is 0 Å². The Bertz CT molecular complexity index is 1850. The van der Waals surface area contributed by atoms with E-state index in [1.165, 1.54) is 16.5 Å². The zero-order valence-corrected chi connectivity index (χ0v) is 26.7. The number of halogens is 1. The van der Waals surface area contributed by atoms with Gasteiger partial charge < -0.3 is 31.5 Å². The Morgan fingerprint density at radius 2 is 1.66 bits per heavy atom. The Morgan fingerprint density at radius 3 is 2.30 bits per heavy atom. The molecule has 3 aromatic rings. The smallest absolute Gasteiger partial charge is 0.255 e. The van der Waals surface area contributed by atoms with E-state index in [1.54, 1.807) is 20.2 Å². The first kappa shape index (κ1) is 32.5. The van der Waals surface area contributed by atoms with Crippen molar-refractivity contribution in [3.05, 3.63) is 105 Å². The summed E-state index contributed by atoms with van der Waals surface area (Å²) in [6, 6.07) is 17.7. The van der Waals surface area contributed by atoms with Gasteiger partial charge in [-0.2, -0.15) is 0 Å². The average molecular weight is 658 g/mol. The fourth-order valence-corrected chi connectivity index (χ4v) is 7.56. The van der Waals surface area contributed by atoms with Crippen LogP contribution in [0.5, 0.6) is 5.75 Å². The van der Waals surface area contributed by atoms with Crippen LogP contribution < -0.4 is 11.1 Å². The first-order valence-electron chi connectivity index (χ1n) is 15.4. The third-order valence-corrected chi connectivity index (χ3v) is 9.95. The fraction of sp³-hybridized carbons (Fsp3) is 0.306. The number of phenols is 1. The maximum atomic E-state index is 14.1. The number of aromatic hydroxyl groups is 1. The molecule has 0 aliphatic heterocycles. The lowest BCUT2D eigenvalue weighted by Gasteiger charge is -2.50. The highest BCUT2D eigenvalue weighted by Gasteiger charge is 2.64. The zero-order valence-electron chi connectivity index (χ0n) is 26.0. The normalized spacial score (nSPS) is 23.9. The van der Waals surface area contributed by atoms with E-state index in [1.807, 2.05) is 48.5 Å². The molecule has 0 bridgehead atoms. The van der Waals surface area contributed by atoms with Gasteiger partial charge in [0.05, 0.1) is 11.6 Å². The van der Waals surface area contributed by atoms with Gasteiger partial charge in [0.15, 0.2) is 11.4 Å². The number of fused-ring (bicyclic) bond motifs is 3. The van der Waals surface area contributed by atoms with Crippen molar-refractivity contribution in [1.82, 2.24) is 10.2 Å². The molecule has 0 heterocycles. The summed E-state index contributed by atoms with van der Waals surface area (Å²) in [5.74, 6) is -6.73. The van der Waals surface area contributed by atoms with Crippen molar-refractivity contribution in [2.45, 2.75) is 37.5 Å². The summed E-state index contributed by atoms with van der Waals surface area (Å²) in [7, 11) is 3.14. The molecule has 0 spiro atoms. The summed E-state index contributed by atoms with van der Waals surface area (Å²) in [5, 5.41) is 49.4. The van der Waals surface area contributed by atoms with Crippen LogP contribution in [0.4, 0.5) is 0 Å². The number of nitrogens with one attached hydrogen (secondary N) is 1. The Balaban J connectivity index is 1.31. The molecule has 4 atom stereocenters. The molecule has 0 radical (unpaired) electrons. The van der Waals surface area contributed by atoms with Crippen LogP contribution in [-0.4, -0.2) is 75.1 Å². The monoisotopic (exact) mass is 657 g/mol. The summed E-state index contributed by atoms with van der Waals surface area (Å²) in [4.78, 5) is 41.1. The predicted octanol–water partition coefficient (Wildman–Crippen LogP) is 3.62. The number of Topliss-reactive ketones (excluding diaryl/α,β-unsaturated/α-hetero) is 2. The summed E-state index contributed by atoms with van der Waals surface area (Å²) in [5.41, 5.74) is 6.24. The van der Waals surface area contributed by atoms with Crippen LogP contribution in [0.25, 0.3) is 16.9 Å². The van der Waals surface area contributed by atoms with Crippen molar-refractivity contribution >= 4 is 34.8 Å². The van der Waals surface area contributed by atoms with E-state index in [0.29, 0.717) is 17.1 Å². The molecule has 1 saturated carbocycles. The van der Waals surface area contributed by atoms with Crippen molar-refractivity contribution < 1.29 is 34.8 Å². The highest BCUT2D eigenvalue weighted by molar-refractivity contribution is 6.30. The van der Waals surface area contributed by atoms with Crippen molar-refractivity contribution in [2.75, 3.05) is 20.6 Å². The second-order valence-electron chi connectivity index (χ2n) is 12.7. The van der Waals surface area contributed by atoms with Gasteiger partial charge in [0.25, 0.3) is 5.91 Å². The highest BCUT2D eigenvalue weighted by atomic mass is 35.5. The summed E-state index contributed by atoms with van der Waals surface area (Å²) in [6.45, 7) is 1.45. The summed E-state index contributed by atoms with van der Waals surface area (Å²) < 4.78 is 0. The van der Waals surface area contributed by atoms with Crippen molar-refractivity contribution in [3.63, 3.8) is 0 Å². The molecule has 3 aliphatic carbocycles. The van der Waals surface area contributed by atoms with Gasteiger partial charge in [0, 0.05) is 23.1 Å². The van der Waals surface area contributed by atoms with E-state index in [2.05, 4.69) is 5.32 Å². The number of nitrogens with zero attached hydrogens (tertiary/aromatic N) is 1. The summed E-state index contributed by atoms with van der Waals surface area (Å²) in [6.07, 6.45) is 1.11. The van der Waals surface area contributed by atoms with Crippen LogP contribution in [0.2, 0.25) is 5.02 Å². The van der Waals surface area contributed by atoms with Crippen molar-refractivity contribution in [2.24, 2.45) is 17.6 Å². The molecular weight excluding hydrogens is 622 g/mol. The van der Waals surface area contributed by atoms with Crippen LogP contribution in [0.1, 0.15) is 28.7 Å². The van der Waals surface area contributed by atoms with Gasteiger partial charge in [-0.1, -0.05) is 54.1 Å². The number of ketones is 2. The van der Waals surface area contributed by atoms with E-state index in [-0.39, 0.29) is 29.7 Å². The second-order valence-corrected chi connectivity index (χ2v) is 13.1. The number of amides is 1. The average Bonchev–Trinajstić information content (AvgIpc) is 3.02. The fourth-order valence-electron chi connectivity index (χ4n) is 7.43. The zero-order chi connectivity index (χ0) is 33.8. The molecule has 1 amide bonds. The van der Waals surface area contributed by atoms with Gasteiger partial charge in [-0.25, -0.2) is 0 Å². The molecule has 7 N–H and O–H groups in total. The third kappa shape index (κ3) is 5.41. The lowest BCUT2D eigenvalue weighted by Crippen LogP contribution is -2.65. The Hall–Kier alpha value is -4.48. The maximum Gasteiger partial charge on any atom is 0.255 e. The van der Waals surface area contributed by atoms with E-state index in [9.17, 15) is 34.8 Å². The van der Waals surface area contributed by atoms with Crippen molar-refractivity contribution in [1.29, 1.82) is 0 Å². The van der Waals surface area contributed by atoms with E-state index >= 15 is 0 Å².